The molecule has 3 atom stereocenters. The summed E-state index contributed by atoms with van der Waals surface area (Å²) in [5.74, 6) is -0.555. The molecule has 140 valence electrons. The number of imide groups is 1. The lowest BCUT2D eigenvalue weighted by molar-refractivity contribution is -0.126. The number of fused-ring (bicyclic) bond motifs is 1. The number of nitrogens with zero attached hydrogens (tertiary/aromatic N) is 2. The van der Waals surface area contributed by atoms with Crippen LogP contribution >= 0.6 is 0 Å². The molecule has 0 saturated carbocycles. The summed E-state index contributed by atoms with van der Waals surface area (Å²) in [4.78, 5) is 33.7. The smallest absolute Gasteiger partial charge is 0.266 e. The van der Waals surface area contributed by atoms with Crippen LogP contribution in [0.5, 0.6) is 0 Å². The lowest BCUT2D eigenvalue weighted by Crippen LogP contribution is -2.41. The molecule has 2 aliphatic heterocycles. The molecule has 0 aromatic heterocycles. The van der Waals surface area contributed by atoms with Crippen LogP contribution in [-0.4, -0.2) is 24.0 Å². The summed E-state index contributed by atoms with van der Waals surface area (Å²) < 4.78 is 0. The van der Waals surface area contributed by atoms with Gasteiger partial charge >= 0.3 is 0 Å². The standard InChI is InChI=1S/C22H24N2O3/c1-14(2)13-18-19-20(27-24(18)17-7-5-4-6-8-17)22(26)23(21(19)25)16-11-9-15(3)10-12-16/h4-12,14,18-20H,13H2,1-3H3/t18-,19+,20+/m0/s1. The second-order valence-corrected chi connectivity index (χ2v) is 7.76. The van der Waals surface area contributed by atoms with Crippen LogP contribution in [0, 0.1) is 18.8 Å². The van der Waals surface area contributed by atoms with E-state index in [0.29, 0.717) is 11.6 Å². The Bertz CT molecular complexity index is 848. The van der Waals surface area contributed by atoms with Gasteiger partial charge in [0, 0.05) is 0 Å². The minimum atomic E-state index is -0.761. The van der Waals surface area contributed by atoms with Gasteiger partial charge in [0.15, 0.2) is 6.10 Å². The average Bonchev–Trinajstić information content (AvgIpc) is 3.13. The predicted octanol–water partition coefficient (Wildman–Crippen LogP) is 3.72. The van der Waals surface area contributed by atoms with Crippen molar-refractivity contribution in [1.29, 1.82) is 0 Å². The molecule has 5 nitrogen and oxygen atoms in total. The first-order valence-electron chi connectivity index (χ1n) is 9.43. The fraction of sp³-hybridized carbons (Fsp3) is 0.364. The highest BCUT2D eigenvalue weighted by molar-refractivity contribution is 6.23. The molecule has 4 rings (SSSR count). The first-order valence-corrected chi connectivity index (χ1v) is 9.43. The van der Waals surface area contributed by atoms with Gasteiger partial charge < -0.3 is 0 Å². The maximum atomic E-state index is 13.2. The molecule has 27 heavy (non-hydrogen) atoms. The van der Waals surface area contributed by atoms with Crippen LogP contribution in [0.2, 0.25) is 0 Å². The van der Waals surface area contributed by atoms with E-state index in [1.807, 2.05) is 61.5 Å². The van der Waals surface area contributed by atoms with Crippen molar-refractivity contribution in [3.63, 3.8) is 0 Å². The van der Waals surface area contributed by atoms with Gasteiger partial charge in [0.2, 0.25) is 5.91 Å². The highest BCUT2D eigenvalue weighted by atomic mass is 16.7. The van der Waals surface area contributed by atoms with E-state index in [1.54, 1.807) is 5.06 Å². The molecule has 2 saturated heterocycles. The second kappa shape index (κ2) is 6.82. The monoisotopic (exact) mass is 364 g/mol. The number of anilines is 2. The molecule has 5 heteroatoms. The summed E-state index contributed by atoms with van der Waals surface area (Å²) >= 11 is 0. The van der Waals surface area contributed by atoms with Gasteiger partial charge in [-0.15, -0.1) is 0 Å². The van der Waals surface area contributed by atoms with E-state index < -0.39 is 12.0 Å². The van der Waals surface area contributed by atoms with Gasteiger partial charge in [-0.2, -0.15) is 0 Å². The zero-order chi connectivity index (χ0) is 19.1. The minimum Gasteiger partial charge on any atom is -0.273 e. The third kappa shape index (κ3) is 3.02. The third-order valence-electron chi connectivity index (χ3n) is 5.25. The van der Waals surface area contributed by atoms with E-state index in [4.69, 9.17) is 4.84 Å². The SMILES string of the molecule is Cc1ccc(N2C(=O)[C@H]3[C@@H](ON(c4ccccc4)[C@H]3CC(C)C)C2=O)cc1. The van der Waals surface area contributed by atoms with Gasteiger partial charge in [-0.3, -0.25) is 14.4 Å². The van der Waals surface area contributed by atoms with Crippen molar-refractivity contribution < 1.29 is 14.4 Å². The normalized spacial score (nSPS) is 24.8. The van der Waals surface area contributed by atoms with Gasteiger partial charge in [-0.1, -0.05) is 49.7 Å². The molecule has 0 aliphatic carbocycles. The molecular formula is C22H24N2O3. The Morgan fingerprint density at radius 2 is 1.59 bits per heavy atom. The molecule has 0 unspecified atom stereocenters. The molecule has 2 aromatic carbocycles. The third-order valence-corrected chi connectivity index (χ3v) is 5.25. The Hall–Kier alpha value is -2.66. The molecule has 0 N–H and O–H groups in total. The molecule has 0 radical (unpaired) electrons. The van der Waals surface area contributed by atoms with Gasteiger partial charge in [-0.25, -0.2) is 9.96 Å². The van der Waals surface area contributed by atoms with Crippen LogP contribution in [-0.2, 0) is 14.4 Å². The number of hydrogen-bond acceptors (Lipinski definition) is 4. The van der Waals surface area contributed by atoms with Crippen molar-refractivity contribution in [2.24, 2.45) is 11.8 Å². The van der Waals surface area contributed by atoms with E-state index >= 15 is 0 Å². The zero-order valence-corrected chi connectivity index (χ0v) is 15.8. The summed E-state index contributed by atoms with van der Waals surface area (Å²) in [6, 6.07) is 17.0. The van der Waals surface area contributed by atoms with Crippen LogP contribution in [0.15, 0.2) is 54.6 Å². The van der Waals surface area contributed by atoms with Crippen molar-refractivity contribution in [2.75, 3.05) is 9.96 Å². The van der Waals surface area contributed by atoms with Crippen molar-refractivity contribution in [3.8, 4) is 0 Å². The number of aryl methyl sites for hydroxylation is 1. The number of carbonyl (C=O) groups is 2. The highest BCUT2D eigenvalue weighted by Gasteiger charge is 2.59. The summed E-state index contributed by atoms with van der Waals surface area (Å²) in [7, 11) is 0. The van der Waals surface area contributed by atoms with E-state index in [2.05, 4.69) is 13.8 Å². The van der Waals surface area contributed by atoms with Crippen LogP contribution in [0.25, 0.3) is 0 Å². The first-order chi connectivity index (χ1) is 13.0. The lowest BCUT2D eigenvalue weighted by atomic mass is 9.90. The summed E-state index contributed by atoms with van der Waals surface area (Å²) in [5.41, 5.74) is 2.57. The zero-order valence-electron chi connectivity index (χ0n) is 15.8. The summed E-state index contributed by atoms with van der Waals surface area (Å²) in [5, 5.41) is 1.78. The van der Waals surface area contributed by atoms with Gasteiger partial charge in [0.05, 0.1) is 23.3 Å². The number of para-hydroxylation sites is 1. The van der Waals surface area contributed by atoms with Crippen molar-refractivity contribution in [3.05, 3.63) is 60.2 Å². The molecule has 0 bridgehead atoms. The molecule has 0 spiro atoms. The van der Waals surface area contributed by atoms with Gasteiger partial charge in [0.25, 0.3) is 5.91 Å². The Morgan fingerprint density at radius 1 is 0.926 bits per heavy atom. The summed E-state index contributed by atoms with van der Waals surface area (Å²) in [6.07, 6.45) is 0.0133. The fourth-order valence-corrected chi connectivity index (χ4v) is 3.99. The number of amides is 2. The Morgan fingerprint density at radius 3 is 2.22 bits per heavy atom. The van der Waals surface area contributed by atoms with Crippen molar-refractivity contribution in [1.82, 2.24) is 0 Å². The van der Waals surface area contributed by atoms with E-state index in [1.165, 1.54) is 4.90 Å². The first kappa shape index (κ1) is 17.7. The number of hydroxylamine groups is 1. The number of hydrogen-bond donors (Lipinski definition) is 0. The molecule has 2 amide bonds. The molecule has 2 aromatic rings. The largest absolute Gasteiger partial charge is 0.273 e. The predicted molar refractivity (Wildman–Crippen MR) is 104 cm³/mol. The van der Waals surface area contributed by atoms with Gasteiger partial charge in [0.1, 0.15) is 0 Å². The number of benzene rings is 2. The van der Waals surface area contributed by atoms with Crippen LogP contribution in [0.1, 0.15) is 25.8 Å². The molecule has 2 fully saturated rings. The van der Waals surface area contributed by atoms with Crippen molar-refractivity contribution >= 4 is 23.2 Å². The maximum Gasteiger partial charge on any atom is 0.266 e. The molecular weight excluding hydrogens is 340 g/mol. The molecule has 2 heterocycles. The van der Waals surface area contributed by atoms with Crippen molar-refractivity contribution in [2.45, 2.75) is 39.3 Å². The quantitative estimate of drug-likeness (QED) is 0.776. The number of rotatable bonds is 4. The Kier molecular flexibility index (Phi) is 4.48. The lowest BCUT2D eigenvalue weighted by Gasteiger charge is -2.29. The van der Waals surface area contributed by atoms with Crippen LogP contribution in [0.3, 0.4) is 0 Å². The Balaban J connectivity index is 1.69. The fourth-order valence-electron chi connectivity index (χ4n) is 3.99. The van der Waals surface area contributed by atoms with Crippen LogP contribution in [0.4, 0.5) is 11.4 Å². The van der Waals surface area contributed by atoms with Gasteiger partial charge in [-0.05, 0) is 43.5 Å². The highest BCUT2D eigenvalue weighted by Crippen LogP contribution is 2.42. The maximum absolute atomic E-state index is 13.2. The minimum absolute atomic E-state index is 0.163. The van der Waals surface area contributed by atoms with Crippen LogP contribution < -0.4 is 9.96 Å². The second-order valence-electron chi connectivity index (χ2n) is 7.76. The van der Waals surface area contributed by atoms with E-state index in [-0.39, 0.29) is 17.9 Å². The van der Waals surface area contributed by atoms with E-state index in [0.717, 1.165) is 17.7 Å². The Labute approximate surface area is 159 Å². The summed E-state index contributed by atoms with van der Waals surface area (Å²) in [6.45, 7) is 6.22. The molecule has 2 aliphatic rings. The average molecular weight is 364 g/mol. The number of carbonyl (C=O) groups excluding carboxylic acids is 2. The van der Waals surface area contributed by atoms with E-state index in [9.17, 15) is 9.59 Å². The topological polar surface area (TPSA) is 49.9 Å².